The number of hydrogen-bond acceptors (Lipinski definition) is 13. The second-order valence-corrected chi connectivity index (χ2v) is 16.6. The molecule has 3 aromatic rings. The van der Waals surface area contributed by atoms with Crippen LogP contribution in [0.3, 0.4) is 0 Å². The van der Waals surface area contributed by atoms with Crippen LogP contribution in [0, 0.1) is 6.92 Å². The first-order valence-corrected chi connectivity index (χ1v) is 21.8. The maximum absolute atomic E-state index is 13.8. The average Bonchev–Trinajstić information content (AvgIpc) is 3.87. The third kappa shape index (κ3) is 12.8. The standard InChI is InChI=1S/C41H49N5O8S4/c1-29-31(10-6-11-32(29)38(49)45-19-26-57-40(45)55)36(47)42-14-16-44(18-21-52-24-25-53-23-22-51-2)17-15-43-37(48)33-12-7-13-34(39(50)46-20-27-58-41(46)56)35(33)54-28-30-8-4-3-5-9-30/h3-13H,14-28H2,1-2H3,(H,42,47)(H,43,48). The highest BCUT2D eigenvalue weighted by Gasteiger charge is 2.30. The molecule has 0 bridgehead atoms. The van der Waals surface area contributed by atoms with Gasteiger partial charge in [-0.3, -0.25) is 33.9 Å². The minimum absolute atomic E-state index is 0.160. The average molecular weight is 868 g/mol. The van der Waals surface area contributed by atoms with E-state index in [1.54, 1.807) is 55.3 Å². The highest BCUT2D eigenvalue weighted by molar-refractivity contribution is 8.23. The van der Waals surface area contributed by atoms with Crippen LogP contribution in [0.2, 0.25) is 0 Å². The fourth-order valence-corrected chi connectivity index (χ4v) is 8.57. The topological polar surface area (TPSA) is 139 Å². The summed E-state index contributed by atoms with van der Waals surface area (Å²) in [6.07, 6.45) is 0. The normalized spacial score (nSPS) is 14.0. The Kier molecular flexibility index (Phi) is 18.4. The van der Waals surface area contributed by atoms with Gasteiger partial charge < -0.3 is 29.6 Å². The number of rotatable bonds is 22. The van der Waals surface area contributed by atoms with Crippen molar-refractivity contribution in [3.05, 3.63) is 100 Å². The van der Waals surface area contributed by atoms with Gasteiger partial charge >= 0.3 is 0 Å². The molecule has 58 heavy (non-hydrogen) atoms. The van der Waals surface area contributed by atoms with Crippen LogP contribution in [0.15, 0.2) is 66.7 Å². The molecule has 310 valence electrons. The summed E-state index contributed by atoms with van der Waals surface area (Å²) in [5.74, 6) is 0.442. The molecule has 2 aliphatic rings. The Hall–Kier alpha value is -3.94. The summed E-state index contributed by atoms with van der Waals surface area (Å²) in [5.41, 5.74) is 2.83. The molecule has 2 fully saturated rings. The summed E-state index contributed by atoms with van der Waals surface area (Å²) in [6, 6.07) is 19.6. The molecule has 17 heteroatoms. The molecule has 0 saturated carbocycles. The number of thiocarbonyl (C=S) groups is 2. The molecule has 4 amide bonds. The van der Waals surface area contributed by atoms with Gasteiger partial charge in [-0.1, -0.05) is 90.4 Å². The van der Waals surface area contributed by atoms with E-state index in [1.807, 2.05) is 30.3 Å². The highest BCUT2D eigenvalue weighted by atomic mass is 32.2. The molecule has 0 radical (unpaired) electrons. The lowest BCUT2D eigenvalue weighted by Gasteiger charge is -2.23. The minimum Gasteiger partial charge on any atom is -0.487 e. The first kappa shape index (κ1) is 45.1. The smallest absolute Gasteiger partial charge is 0.263 e. The summed E-state index contributed by atoms with van der Waals surface area (Å²) in [5, 5.41) is 5.99. The maximum atomic E-state index is 13.8. The molecule has 2 saturated heterocycles. The molecule has 2 N–H and O–H groups in total. The van der Waals surface area contributed by atoms with E-state index in [9.17, 15) is 19.2 Å². The van der Waals surface area contributed by atoms with Crippen LogP contribution in [0.5, 0.6) is 5.75 Å². The van der Waals surface area contributed by atoms with Crippen molar-refractivity contribution in [3.8, 4) is 5.75 Å². The number of carbonyl (C=O) groups is 4. The fourth-order valence-electron chi connectivity index (χ4n) is 6.17. The number of nitrogens with zero attached hydrogens (tertiary/aromatic N) is 3. The van der Waals surface area contributed by atoms with Crippen molar-refractivity contribution in [2.45, 2.75) is 13.5 Å². The zero-order valence-corrected chi connectivity index (χ0v) is 36.0. The zero-order valence-electron chi connectivity index (χ0n) is 32.7. The molecule has 13 nitrogen and oxygen atoms in total. The second kappa shape index (κ2) is 23.6. The third-order valence-corrected chi connectivity index (χ3v) is 12.2. The molecule has 0 unspecified atom stereocenters. The molecule has 0 spiro atoms. The molecule has 3 aromatic carbocycles. The van der Waals surface area contributed by atoms with E-state index in [0.717, 1.165) is 11.3 Å². The van der Waals surface area contributed by atoms with Gasteiger partial charge in [0.15, 0.2) is 0 Å². The monoisotopic (exact) mass is 867 g/mol. The molecule has 2 heterocycles. The Labute approximate surface area is 358 Å². The van der Waals surface area contributed by atoms with Crippen LogP contribution in [-0.4, -0.2) is 144 Å². The van der Waals surface area contributed by atoms with Crippen molar-refractivity contribution < 1.29 is 38.1 Å². The molecule has 5 rings (SSSR count). The number of thioether (sulfide) groups is 2. The molecular formula is C41H49N5O8S4. The van der Waals surface area contributed by atoms with Crippen molar-refractivity contribution in [1.29, 1.82) is 0 Å². The molecule has 0 atom stereocenters. The van der Waals surface area contributed by atoms with Crippen LogP contribution < -0.4 is 15.4 Å². The van der Waals surface area contributed by atoms with Gasteiger partial charge in [0.2, 0.25) is 0 Å². The number of hydrogen-bond donors (Lipinski definition) is 2. The number of carbonyl (C=O) groups excluding carboxylic acids is 4. The Morgan fingerprint density at radius 2 is 1.21 bits per heavy atom. The Bertz CT molecular complexity index is 1920. The SMILES string of the molecule is COCCOCCOCCN(CCNC(=O)c1cccc(C(=O)N2CCSC2=S)c1C)CCNC(=O)c1cccc(C(=O)N2CCSC2=S)c1OCc1ccccc1. The number of amides is 4. The Morgan fingerprint density at radius 1 is 0.672 bits per heavy atom. The molecule has 2 aliphatic heterocycles. The van der Waals surface area contributed by atoms with Gasteiger partial charge in [-0.25, -0.2) is 0 Å². The van der Waals surface area contributed by atoms with Crippen molar-refractivity contribution in [3.63, 3.8) is 0 Å². The van der Waals surface area contributed by atoms with Gasteiger partial charge in [0.1, 0.15) is 21.0 Å². The van der Waals surface area contributed by atoms with E-state index >= 15 is 0 Å². The van der Waals surface area contributed by atoms with Crippen LogP contribution >= 0.6 is 48.0 Å². The van der Waals surface area contributed by atoms with Crippen molar-refractivity contribution in [1.82, 2.24) is 25.3 Å². The van der Waals surface area contributed by atoms with Crippen molar-refractivity contribution in [2.24, 2.45) is 0 Å². The van der Waals surface area contributed by atoms with Crippen LogP contribution in [0.1, 0.15) is 52.6 Å². The summed E-state index contributed by atoms with van der Waals surface area (Å²) in [4.78, 5) is 59.3. The Morgan fingerprint density at radius 3 is 1.81 bits per heavy atom. The van der Waals surface area contributed by atoms with E-state index in [0.29, 0.717) is 103 Å². The molecule has 0 aromatic heterocycles. The lowest BCUT2D eigenvalue weighted by atomic mass is 10.0. The van der Waals surface area contributed by atoms with Gasteiger partial charge in [-0.15, -0.1) is 0 Å². The lowest BCUT2D eigenvalue weighted by Crippen LogP contribution is -2.41. The van der Waals surface area contributed by atoms with Gasteiger partial charge in [-0.2, -0.15) is 0 Å². The number of nitrogens with one attached hydrogen (secondary N) is 2. The first-order valence-electron chi connectivity index (χ1n) is 19.0. The quantitative estimate of drug-likeness (QED) is 0.107. The summed E-state index contributed by atoms with van der Waals surface area (Å²) in [7, 11) is 1.62. The summed E-state index contributed by atoms with van der Waals surface area (Å²) < 4.78 is 23.6. The predicted octanol–water partition coefficient (Wildman–Crippen LogP) is 4.66. The number of benzene rings is 3. The van der Waals surface area contributed by atoms with Crippen molar-refractivity contribution in [2.75, 3.05) is 97.5 Å². The van der Waals surface area contributed by atoms with Gasteiger partial charge in [0, 0.05) is 75.6 Å². The lowest BCUT2D eigenvalue weighted by molar-refractivity contribution is 0.0196. The van der Waals surface area contributed by atoms with Crippen LogP contribution in [0.25, 0.3) is 0 Å². The van der Waals surface area contributed by atoms with Crippen molar-refractivity contribution >= 4 is 80.2 Å². The van der Waals surface area contributed by atoms with Crippen LogP contribution in [0.4, 0.5) is 0 Å². The number of ether oxygens (including phenoxy) is 4. The zero-order chi connectivity index (χ0) is 41.3. The van der Waals surface area contributed by atoms with Gasteiger partial charge in [-0.05, 0) is 42.3 Å². The van der Waals surface area contributed by atoms with E-state index in [4.69, 9.17) is 43.4 Å². The minimum atomic E-state index is -0.396. The van der Waals surface area contributed by atoms with E-state index in [2.05, 4.69) is 15.5 Å². The third-order valence-electron chi connectivity index (χ3n) is 9.32. The maximum Gasteiger partial charge on any atom is 0.263 e. The van der Waals surface area contributed by atoms with Gasteiger partial charge in [0.05, 0.1) is 44.2 Å². The summed E-state index contributed by atoms with van der Waals surface area (Å²) in [6.45, 7) is 7.13. The van der Waals surface area contributed by atoms with E-state index in [-0.39, 0.29) is 47.7 Å². The number of para-hydroxylation sites is 1. The van der Waals surface area contributed by atoms with Crippen LogP contribution in [-0.2, 0) is 20.8 Å². The van der Waals surface area contributed by atoms with E-state index < -0.39 is 5.91 Å². The predicted molar refractivity (Wildman–Crippen MR) is 235 cm³/mol. The van der Waals surface area contributed by atoms with E-state index in [1.165, 1.54) is 28.4 Å². The highest BCUT2D eigenvalue weighted by Crippen LogP contribution is 2.30. The Balaban J connectivity index is 1.22. The summed E-state index contributed by atoms with van der Waals surface area (Å²) >= 11 is 13.7. The fraction of sp³-hybridized carbons (Fsp3) is 0.415. The van der Waals surface area contributed by atoms with Gasteiger partial charge in [0.25, 0.3) is 23.6 Å². The second-order valence-electron chi connectivity index (χ2n) is 13.1. The molecule has 0 aliphatic carbocycles. The molecular weight excluding hydrogens is 819 g/mol. The number of methoxy groups -OCH3 is 1. The first-order chi connectivity index (χ1) is 28.2. The largest absolute Gasteiger partial charge is 0.487 e.